The molecule has 0 radical (unpaired) electrons. The molecule has 2 heterocycles. The lowest BCUT2D eigenvalue weighted by Gasteiger charge is -2.16. The topological polar surface area (TPSA) is 61.9 Å². The van der Waals surface area contributed by atoms with Gasteiger partial charge in [-0.1, -0.05) is 0 Å². The van der Waals surface area contributed by atoms with Crippen molar-refractivity contribution >= 4 is 5.82 Å². The highest BCUT2D eigenvalue weighted by Crippen LogP contribution is 2.29. The summed E-state index contributed by atoms with van der Waals surface area (Å²) in [6.45, 7) is 5.97. The number of pyridine rings is 1. The van der Waals surface area contributed by atoms with Gasteiger partial charge in [-0.2, -0.15) is 5.26 Å². The lowest BCUT2D eigenvalue weighted by Crippen LogP contribution is -2.10. The highest BCUT2D eigenvalue weighted by molar-refractivity contribution is 5.56. The highest BCUT2D eigenvalue weighted by atomic mass is 16.3. The van der Waals surface area contributed by atoms with Crippen molar-refractivity contribution in [3.63, 3.8) is 0 Å². The number of rotatable bonds is 3. The fraction of sp³-hybridized carbons (Fsp3) is 0.412. The molecule has 2 aromatic heterocycles. The standard InChI is InChI=1S/C17H19N3O/c1-10-7-15(12(3)21-10)11(2)19-17-14(9-18)8-13-5-4-6-16(13)20-17/h7-8,11H,4-6H2,1-3H3,(H,19,20). The number of nitrogens with one attached hydrogen (secondary N) is 1. The van der Waals surface area contributed by atoms with Crippen molar-refractivity contribution in [1.82, 2.24) is 4.98 Å². The maximum absolute atomic E-state index is 9.34. The minimum atomic E-state index is 0.0569. The van der Waals surface area contributed by atoms with Gasteiger partial charge in [0.15, 0.2) is 0 Å². The van der Waals surface area contributed by atoms with Gasteiger partial charge < -0.3 is 9.73 Å². The molecule has 0 fully saturated rings. The monoisotopic (exact) mass is 281 g/mol. The van der Waals surface area contributed by atoms with Crippen LogP contribution in [-0.2, 0) is 12.8 Å². The summed E-state index contributed by atoms with van der Waals surface area (Å²) >= 11 is 0. The summed E-state index contributed by atoms with van der Waals surface area (Å²) in [5.74, 6) is 2.50. The van der Waals surface area contributed by atoms with Crippen LogP contribution in [0.2, 0.25) is 0 Å². The SMILES string of the molecule is Cc1cc(C(C)Nc2nc3c(cc2C#N)CCC3)c(C)o1. The molecule has 0 amide bonds. The molecule has 21 heavy (non-hydrogen) atoms. The number of anilines is 1. The Morgan fingerprint density at radius 2 is 2.14 bits per heavy atom. The molecule has 0 spiro atoms. The van der Waals surface area contributed by atoms with Crippen LogP contribution >= 0.6 is 0 Å². The van der Waals surface area contributed by atoms with Gasteiger partial charge in [0.05, 0.1) is 11.6 Å². The van der Waals surface area contributed by atoms with Gasteiger partial charge in [0.25, 0.3) is 0 Å². The Labute approximate surface area is 124 Å². The number of aryl methyl sites for hydroxylation is 4. The van der Waals surface area contributed by atoms with E-state index in [9.17, 15) is 5.26 Å². The Balaban J connectivity index is 1.91. The molecule has 0 aromatic carbocycles. The summed E-state index contributed by atoms with van der Waals surface area (Å²) in [7, 11) is 0. The smallest absolute Gasteiger partial charge is 0.144 e. The molecular weight excluding hydrogens is 262 g/mol. The first-order chi connectivity index (χ1) is 10.1. The third kappa shape index (κ3) is 2.52. The molecule has 108 valence electrons. The van der Waals surface area contributed by atoms with Crippen LogP contribution in [0.1, 0.15) is 53.3 Å². The molecule has 0 aliphatic heterocycles. The van der Waals surface area contributed by atoms with E-state index in [4.69, 9.17) is 4.42 Å². The second-order valence-electron chi connectivity index (χ2n) is 5.69. The van der Waals surface area contributed by atoms with Crippen LogP contribution in [0.15, 0.2) is 16.5 Å². The molecule has 1 atom stereocenters. The molecule has 2 aromatic rings. The van der Waals surface area contributed by atoms with Gasteiger partial charge in [0, 0.05) is 11.3 Å². The van der Waals surface area contributed by atoms with E-state index in [-0.39, 0.29) is 6.04 Å². The normalized spacial score (nSPS) is 14.6. The Kier molecular flexibility index (Phi) is 3.42. The third-order valence-electron chi connectivity index (χ3n) is 4.07. The maximum atomic E-state index is 9.34. The van der Waals surface area contributed by atoms with E-state index in [0.29, 0.717) is 11.4 Å². The van der Waals surface area contributed by atoms with Crippen molar-refractivity contribution in [1.29, 1.82) is 5.26 Å². The largest absolute Gasteiger partial charge is 0.466 e. The van der Waals surface area contributed by atoms with Crippen molar-refractivity contribution in [2.75, 3.05) is 5.32 Å². The highest BCUT2D eigenvalue weighted by Gasteiger charge is 2.19. The summed E-state index contributed by atoms with van der Waals surface area (Å²) < 4.78 is 5.58. The second kappa shape index (κ2) is 5.25. The third-order valence-corrected chi connectivity index (χ3v) is 4.07. The first-order valence-electron chi connectivity index (χ1n) is 7.35. The number of nitrogens with zero attached hydrogens (tertiary/aromatic N) is 2. The molecule has 1 aliphatic carbocycles. The predicted molar refractivity (Wildman–Crippen MR) is 81.2 cm³/mol. The quantitative estimate of drug-likeness (QED) is 0.928. The molecule has 3 rings (SSSR count). The van der Waals surface area contributed by atoms with Crippen molar-refractivity contribution in [2.24, 2.45) is 0 Å². The molecule has 1 unspecified atom stereocenters. The van der Waals surface area contributed by atoms with Crippen LogP contribution in [0.25, 0.3) is 0 Å². The minimum Gasteiger partial charge on any atom is -0.466 e. The van der Waals surface area contributed by atoms with Crippen molar-refractivity contribution in [2.45, 2.75) is 46.1 Å². The van der Waals surface area contributed by atoms with Gasteiger partial charge in [-0.3, -0.25) is 0 Å². The summed E-state index contributed by atoms with van der Waals surface area (Å²) in [4.78, 5) is 4.66. The summed E-state index contributed by atoms with van der Waals surface area (Å²) in [6, 6.07) is 6.33. The number of nitriles is 1. The number of furan rings is 1. The maximum Gasteiger partial charge on any atom is 0.144 e. The number of fused-ring (bicyclic) bond motifs is 1. The van der Waals surface area contributed by atoms with Gasteiger partial charge in [-0.25, -0.2) is 4.98 Å². The first-order valence-corrected chi connectivity index (χ1v) is 7.35. The van der Waals surface area contributed by atoms with E-state index >= 15 is 0 Å². The summed E-state index contributed by atoms with van der Waals surface area (Å²) in [5.41, 5.74) is 4.09. The number of aromatic nitrogens is 1. The Hall–Kier alpha value is -2.28. The van der Waals surface area contributed by atoms with E-state index < -0.39 is 0 Å². The Bertz CT molecular complexity index is 724. The van der Waals surface area contributed by atoms with E-state index in [1.165, 1.54) is 5.56 Å². The average molecular weight is 281 g/mol. The van der Waals surface area contributed by atoms with Gasteiger partial charge in [0.2, 0.25) is 0 Å². The molecule has 4 nitrogen and oxygen atoms in total. The summed E-state index contributed by atoms with van der Waals surface area (Å²) in [6.07, 6.45) is 3.17. The lowest BCUT2D eigenvalue weighted by molar-refractivity contribution is 0.499. The van der Waals surface area contributed by atoms with Crippen LogP contribution in [0.5, 0.6) is 0 Å². The van der Waals surface area contributed by atoms with Gasteiger partial charge >= 0.3 is 0 Å². The fourth-order valence-corrected chi connectivity index (χ4v) is 3.03. The van der Waals surface area contributed by atoms with Gasteiger partial charge in [-0.15, -0.1) is 0 Å². The zero-order valence-corrected chi connectivity index (χ0v) is 12.7. The van der Waals surface area contributed by atoms with E-state index in [0.717, 1.165) is 42.0 Å². The lowest BCUT2D eigenvalue weighted by atomic mass is 10.1. The van der Waals surface area contributed by atoms with Crippen molar-refractivity contribution in [3.05, 3.63) is 46.0 Å². The number of hydrogen-bond acceptors (Lipinski definition) is 4. The molecule has 0 bridgehead atoms. The van der Waals surface area contributed by atoms with Crippen LogP contribution in [0.3, 0.4) is 0 Å². The second-order valence-corrected chi connectivity index (χ2v) is 5.69. The van der Waals surface area contributed by atoms with Gasteiger partial charge in [0.1, 0.15) is 23.4 Å². The van der Waals surface area contributed by atoms with Crippen molar-refractivity contribution < 1.29 is 4.42 Å². The molecule has 1 aliphatic rings. The first kappa shape index (κ1) is 13.7. The predicted octanol–water partition coefficient (Wildman–Crippen LogP) is 3.82. The Morgan fingerprint density at radius 3 is 2.81 bits per heavy atom. The van der Waals surface area contributed by atoms with Crippen molar-refractivity contribution in [3.8, 4) is 6.07 Å². The molecule has 4 heteroatoms. The molecule has 0 saturated heterocycles. The van der Waals surface area contributed by atoms with E-state index in [2.05, 4.69) is 23.3 Å². The average Bonchev–Trinajstić information content (AvgIpc) is 3.03. The van der Waals surface area contributed by atoms with Crippen LogP contribution in [0.4, 0.5) is 5.82 Å². The molecule has 1 N–H and O–H groups in total. The van der Waals surface area contributed by atoms with E-state index in [1.807, 2.05) is 26.0 Å². The molecular formula is C17H19N3O. The van der Waals surface area contributed by atoms with Crippen LogP contribution in [-0.4, -0.2) is 4.98 Å². The Morgan fingerprint density at radius 1 is 1.33 bits per heavy atom. The molecule has 0 saturated carbocycles. The number of hydrogen-bond donors (Lipinski definition) is 1. The zero-order chi connectivity index (χ0) is 15.0. The van der Waals surface area contributed by atoms with Crippen LogP contribution in [0, 0.1) is 25.2 Å². The fourth-order valence-electron chi connectivity index (χ4n) is 3.03. The van der Waals surface area contributed by atoms with Gasteiger partial charge in [-0.05, 0) is 57.7 Å². The summed E-state index contributed by atoms with van der Waals surface area (Å²) in [5, 5.41) is 12.7. The van der Waals surface area contributed by atoms with Crippen LogP contribution < -0.4 is 5.32 Å². The minimum absolute atomic E-state index is 0.0569. The van der Waals surface area contributed by atoms with E-state index in [1.54, 1.807) is 0 Å². The zero-order valence-electron chi connectivity index (χ0n) is 12.7.